The molecule has 0 atom stereocenters. The molecule has 0 radical (unpaired) electrons. The predicted molar refractivity (Wildman–Crippen MR) is 43.9 cm³/mol. The molecule has 0 saturated heterocycles. The van der Waals surface area contributed by atoms with E-state index in [-0.39, 0.29) is 68.4 Å². The summed E-state index contributed by atoms with van der Waals surface area (Å²) in [6, 6.07) is 4.71. The SMILES string of the molecule is COc1cccc(OC)c1C(=O)[O-].[K+]. The van der Waals surface area contributed by atoms with E-state index in [9.17, 15) is 9.90 Å². The maximum Gasteiger partial charge on any atom is 1.00 e. The van der Waals surface area contributed by atoms with Gasteiger partial charge in [-0.25, -0.2) is 0 Å². The summed E-state index contributed by atoms with van der Waals surface area (Å²) in [5.41, 5.74) is -0.0625. The van der Waals surface area contributed by atoms with E-state index in [4.69, 9.17) is 9.47 Å². The monoisotopic (exact) mass is 220 g/mol. The van der Waals surface area contributed by atoms with Crippen LogP contribution in [-0.2, 0) is 0 Å². The molecular formula is C9H9KO4. The number of carboxylic acids is 1. The predicted octanol–water partition coefficient (Wildman–Crippen LogP) is -2.93. The van der Waals surface area contributed by atoms with Crippen molar-refractivity contribution in [3.05, 3.63) is 23.8 Å². The van der Waals surface area contributed by atoms with Crippen molar-refractivity contribution >= 4 is 5.97 Å². The molecule has 0 heterocycles. The third-order valence-electron chi connectivity index (χ3n) is 1.63. The van der Waals surface area contributed by atoms with Gasteiger partial charge in [0.15, 0.2) is 0 Å². The van der Waals surface area contributed by atoms with Gasteiger partial charge in [0.05, 0.1) is 25.8 Å². The van der Waals surface area contributed by atoms with Crippen molar-refractivity contribution in [2.45, 2.75) is 0 Å². The Kier molecular flexibility index (Phi) is 6.38. The summed E-state index contributed by atoms with van der Waals surface area (Å²) in [6.45, 7) is 0. The minimum absolute atomic E-state index is 0. The van der Waals surface area contributed by atoms with Crippen LogP contribution < -0.4 is 66.0 Å². The Morgan fingerprint density at radius 1 is 1.21 bits per heavy atom. The Bertz CT molecular complexity index is 302. The Morgan fingerprint density at radius 3 is 1.93 bits per heavy atom. The van der Waals surface area contributed by atoms with E-state index in [1.54, 1.807) is 6.07 Å². The van der Waals surface area contributed by atoms with Crippen LogP contribution in [0.1, 0.15) is 10.4 Å². The van der Waals surface area contributed by atoms with Gasteiger partial charge >= 0.3 is 51.4 Å². The first kappa shape index (κ1) is 13.9. The molecule has 0 amide bonds. The summed E-state index contributed by atoms with van der Waals surface area (Å²) in [5.74, 6) is -0.840. The first-order valence-electron chi connectivity index (χ1n) is 3.63. The number of aromatic carboxylic acids is 1. The number of hydrogen-bond acceptors (Lipinski definition) is 4. The summed E-state index contributed by atoms with van der Waals surface area (Å²) >= 11 is 0. The van der Waals surface area contributed by atoms with E-state index < -0.39 is 5.97 Å². The number of hydrogen-bond donors (Lipinski definition) is 0. The van der Waals surface area contributed by atoms with E-state index in [1.165, 1.54) is 26.4 Å². The molecule has 0 aliphatic heterocycles. The van der Waals surface area contributed by atoms with Gasteiger partial charge in [-0.1, -0.05) is 6.07 Å². The zero-order chi connectivity index (χ0) is 9.84. The van der Waals surface area contributed by atoms with Crippen LogP contribution in [-0.4, -0.2) is 20.2 Å². The maximum atomic E-state index is 10.7. The molecule has 1 aromatic rings. The Morgan fingerprint density at radius 2 is 1.64 bits per heavy atom. The average molecular weight is 220 g/mol. The molecule has 0 N–H and O–H groups in total. The van der Waals surface area contributed by atoms with Crippen molar-refractivity contribution in [3.63, 3.8) is 0 Å². The van der Waals surface area contributed by atoms with Crippen LogP contribution in [0.15, 0.2) is 18.2 Å². The number of ether oxygens (including phenoxy) is 2. The van der Waals surface area contributed by atoms with Crippen molar-refractivity contribution in [2.24, 2.45) is 0 Å². The van der Waals surface area contributed by atoms with Gasteiger partial charge in [0.25, 0.3) is 0 Å². The molecule has 5 heteroatoms. The van der Waals surface area contributed by atoms with Gasteiger partial charge in [-0.05, 0) is 12.1 Å². The first-order valence-corrected chi connectivity index (χ1v) is 3.63. The molecule has 1 rings (SSSR count). The average Bonchev–Trinajstić information content (AvgIpc) is 2.16. The number of carboxylic acid groups (broad SMARTS) is 1. The van der Waals surface area contributed by atoms with E-state index in [0.717, 1.165) is 0 Å². The molecule has 0 bridgehead atoms. The van der Waals surface area contributed by atoms with Crippen molar-refractivity contribution in [1.29, 1.82) is 0 Å². The maximum absolute atomic E-state index is 10.7. The van der Waals surface area contributed by atoms with Crippen LogP contribution in [0.2, 0.25) is 0 Å². The zero-order valence-electron chi connectivity index (χ0n) is 8.37. The van der Waals surface area contributed by atoms with Crippen molar-refractivity contribution in [2.75, 3.05) is 14.2 Å². The van der Waals surface area contributed by atoms with Crippen LogP contribution in [0.25, 0.3) is 0 Å². The molecule has 14 heavy (non-hydrogen) atoms. The topological polar surface area (TPSA) is 58.6 Å². The molecule has 1 aromatic carbocycles. The fraction of sp³-hybridized carbons (Fsp3) is 0.222. The van der Waals surface area contributed by atoms with E-state index in [1.807, 2.05) is 0 Å². The van der Waals surface area contributed by atoms with Crippen molar-refractivity contribution in [1.82, 2.24) is 0 Å². The second kappa shape index (κ2) is 6.42. The number of benzene rings is 1. The van der Waals surface area contributed by atoms with Crippen LogP contribution in [0.5, 0.6) is 11.5 Å². The fourth-order valence-corrected chi connectivity index (χ4v) is 1.05. The van der Waals surface area contributed by atoms with Gasteiger partial charge in [-0.15, -0.1) is 0 Å². The third-order valence-corrected chi connectivity index (χ3v) is 1.63. The summed E-state index contributed by atoms with van der Waals surface area (Å²) in [5, 5.41) is 10.7. The number of carbonyl (C=O) groups excluding carboxylic acids is 1. The minimum atomic E-state index is -1.31. The van der Waals surface area contributed by atoms with Crippen LogP contribution in [0, 0.1) is 0 Å². The molecular weight excluding hydrogens is 211 g/mol. The van der Waals surface area contributed by atoms with Gasteiger partial charge in [0, 0.05) is 0 Å². The number of methoxy groups -OCH3 is 2. The quantitative estimate of drug-likeness (QED) is 0.512. The molecule has 70 valence electrons. The molecule has 0 aliphatic carbocycles. The van der Waals surface area contributed by atoms with Crippen LogP contribution in [0.4, 0.5) is 0 Å². The van der Waals surface area contributed by atoms with Gasteiger partial charge in [-0.3, -0.25) is 0 Å². The summed E-state index contributed by atoms with van der Waals surface area (Å²) < 4.78 is 9.70. The van der Waals surface area contributed by atoms with Gasteiger partial charge < -0.3 is 19.4 Å². The molecule has 0 aromatic heterocycles. The molecule has 4 nitrogen and oxygen atoms in total. The summed E-state index contributed by atoms with van der Waals surface area (Å²) in [7, 11) is 2.78. The van der Waals surface area contributed by atoms with E-state index in [2.05, 4.69) is 0 Å². The van der Waals surface area contributed by atoms with Crippen molar-refractivity contribution < 1.29 is 70.8 Å². The molecule has 0 saturated carbocycles. The standard InChI is InChI=1S/C9H10O4.K/c1-12-6-4-3-5-7(13-2)8(6)9(10)11;/h3-5H,1-2H3,(H,10,11);/q;+1/p-1. The second-order valence-electron chi connectivity index (χ2n) is 2.32. The minimum Gasteiger partial charge on any atom is -0.545 e. The molecule has 0 aliphatic rings. The third kappa shape index (κ3) is 2.96. The van der Waals surface area contributed by atoms with Crippen LogP contribution in [0.3, 0.4) is 0 Å². The smallest absolute Gasteiger partial charge is 0.545 e. The Balaban J connectivity index is 0.00000169. The van der Waals surface area contributed by atoms with Crippen LogP contribution >= 0.6 is 0 Å². The fourth-order valence-electron chi connectivity index (χ4n) is 1.05. The molecule has 0 fully saturated rings. The van der Waals surface area contributed by atoms with Crippen molar-refractivity contribution in [3.8, 4) is 11.5 Å². The Labute approximate surface area is 125 Å². The molecule has 0 spiro atoms. The summed E-state index contributed by atoms with van der Waals surface area (Å²) in [6.07, 6.45) is 0. The van der Waals surface area contributed by atoms with Gasteiger partial charge in [-0.2, -0.15) is 0 Å². The molecule has 0 unspecified atom stereocenters. The second-order valence-corrected chi connectivity index (χ2v) is 2.32. The van der Waals surface area contributed by atoms with Gasteiger partial charge in [0.1, 0.15) is 11.5 Å². The first-order chi connectivity index (χ1) is 6.20. The Hall–Kier alpha value is -0.0736. The largest absolute Gasteiger partial charge is 1.00 e. The summed E-state index contributed by atoms with van der Waals surface area (Å²) in [4.78, 5) is 10.7. The van der Waals surface area contributed by atoms with E-state index >= 15 is 0 Å². The van der Waals surface area contributed by atoms with E-state index in [0.29, 0.717) is 0 Å². The zero-order valence-corrected chi connectivity index (χ0v) is 11.5. The number of rotatable bonds is 3. The van der Waals surface area contributed by atoms with Gasteiger partial charge in [0.2, 0.25) is 0 Å². The number of carbonyl (C=O) groups is 1. The normalized spacial score (nSPS) is 8.71.